The molecule has 0 radical (unpaired) electrons. The highest BCUT2D eigenvalue weighted by atomic mass is 31.2. The quantitative estimate of drug-likeness (QED) is 0.0524. The van der Waals surface area contributed by atoms with E-state index in [1.54, 1.807) is 0 Å². The standard InChI is InChI=1S/C29H58NO4P/c1-5-6-7-8-9-10-11-12-13-14-15-16-17-18-19-20-21-22-23-24-25-26-27-29(31,35(32,33)34)28-30(2,3)4/h7-8,23-24,31H,5-6,9-22,25-28H2,1-4H3,(H-,32,33,34)/p+1/b8-7-,24-23-. The third-order valence-corrected chi connectivity index (χ3v) is 7.95. The van der Waals surface area contributed by atoms with Crippen LogP contribution in [0.1, 0.15) is 129 Å². The summed E-state index contributed by atoms with van der Waals surface area (Å²) in [6.45, 7) is 2.27. The van der Waals surface area contributed by atoms with E-state index in [9.17, 15) is 19.5 Å². The number of nitrogens with zero attached hydrogens (tertiary/aromatic N) is 1. The first-order chi connectivity index (χ1) is 16.5. The molecule has 0 saturated carbocycles. The molecule has 0 bridgehead atoms. The molecule has 0 aromatic heterocycles. The zero-order valence-electron chi connectivity index (χ0n) is 23.6. The molecule has 0 aliphatic carbocycles. The van der Waals surface area contributed by atoms with Crippen LogP contribution in [0, 0.1) is 0 Å². The summed E-state index contributed by atoms with van der Waals surface area (Å²) >= 11 is 0. The van der Waals surface area contributed by atoms with E-state index in [0.717, 1.165) is 12.8 Å². The fourth-order valence-electron chi connectivity index (χ4n) is 4.51. The zero-order chi connectivity index (χ0) is 26.5. The maximum atomic E-state index is 11.8. The number of aliphatic hydroxyl groups is 1. The lowest BCUT2D eigenvalue weighted by molar-refractivity contribution is -0.875. The van der Waals surface area contributed by atoms with Gasteiger partial charge in [-0.2, -0.15) is 0 Å². The molecule has 0 rings (SSSR count). The van der Waals surface area contributed by atoms with Crippen molar-refractivity contribution in [3.05, 3.63) is 24.3 Å². The van der Waals surface area contributed by atoms with Crippen LogP contribution in [-0.4, -0.2) is 52.4 Å². The first-order valence-corrected chi connectivity index (χ1v) is 16.0. The second kappa shape index (κ2) is 20.6. The van der Waals surface area contributed by atoms with Crippen LogP contribution in [0.4, 0.5) is 0 Å². The van der Waals surface area contributed by atoms with Gasteiger partial charge in [-0.15, -0.1) is 0 Å². The molecule has 0 aliphatic heterocycles. The molecule has 0 heterocycles. The van der Waals surface area contributed by atoms with E-state index in [2.05, 4.69) is 31.2 Å². The number of unbranched alkanes of at least 4 members (excludes halogenated alkanes) is 15. The van der Waals surface area contributed by atoms with E-state index in [-0.39, 0.29) is 13.0 Å². The first-order valence-electron chi connectivity index (χ1n) is 14.4. The lowest BCUT2D eigenvalue weighted by atomic mass is 10.0. The Hall–Kier alpha value is -0.450. The van der Waals surface area contributed by atoms with Gasteiger partial charge >= 0.3 is 7.60 Å². The smallest absolute Gasteiger partial charge is 0.362 e. The Labute approximate surface area is 217 Å². The minimum Gasteiger partial charge on any atom is -0.373 e. The van der Waals surface area contributed by atoms with Crippen molar-refractivity contribution in [1.82, 2.24) is 0 Å². The van der Waals surface area contributed by atoms with E-state index in [1.807, 2.05) is 21.1 Å². The molecule has 5 nitrogen and oxygen atoms in total. The predicted molar refractivity (Wildman–Crippen MR) is 152 cm³/mol. The summed E-state index contributed by atoms with van der Waals surface area (Å²) in [6.07, 6.45) is 31.4. The molecular formula is C29H59NO4P+. The summed E-state index contributed by atoms with van der Waals surface area (Å²) < 4.78 is 12.1. The predicted octanol–water partition coefficient (Wildman–Crippen LogP) is 8.10. The molecular weight excluding hydrogens is 457 g/mol. The van der Waals surface area contributed by atoms with Crippen LogP contribution in [0.5, 0.6) is 0 Å². The topological polar surface area (TPSA) is 77.8 Å². The molecule has 0 aliphatic rings. The Bertz CT molecular complexity index is 594. The van der Waals surface area contributed by atoms with E-state index >= 15 is 0 Å². The van der Waals surface area contributed by atoms with Crippen molar-refractivity contribution in [3.63, 3.8) is 0 Å². The van der Waals surface area contributed by atoms with E-state index in [0.29, 0.717) is 10.9 Å². The van der Waals surface area contributed by atoms with Crippen LogP contribution in [0.25, 0.3) is 0 Å². The number of allylic oxidation sites excluding steroid dienone is 4. The van der Waals surface area contributed by atoms with Crippen LogP contribution < -0.4 is 0 Å². The van der Waals surface area contributed by atoms with Crippen molar-refractivity contribution in [3.8, 4) is 0 Å². The average Bonchev–Trinajstić information content (AvgIpc) is 2.75. The normalized spacial score (nSPS) is 14.8. The molecule has 0 spiro atoms. The van der Waals surface area contributed by atoms with Crippen molar-refractivity contribution in [2.45, 2.75) is 134 Å². The summed E-state index contributed by atoms with van der Waals surface area (Å²) in [6, 6.07) is 0. The third kappa shape index (κ3) is 21.4. The molecule has 0 aromatic carbocycles. The monoisotopic (exact) mass is 516 g/mol. The molecule has 0 saturated heterocycles. The molecule has 1 atom stereocenters. The van der Waals surface area contributed by atoms with Crippen molar-refractivity contribution < 1.29 is 23.9 Å². The van der Waals surface area contributed by atoms with Gasteiger partial charge in [0.15, 0.2) is 0 Å². The number of quaternary nitrogens is 1. The highest BCUT2D eigenvalue weighted by Crippen LogP contribution is 2.52. The Morgan fingerprint density at radius 1 is 0.629 bits per heavy atom. The summed E-state index contributed by atoms with van der Waals surface area (Å²) in [5, 5.41) is 8.60. The molecule has 3 N–H and O–H groups in total. The molecule has 1 unspecified atom stereocenters. The summed E-state index contributed by atoms with van der Waals surface area (Å²) in [5.74, 6) is 0. The Kier molecular flexibility index (Phi) is 20.3. The lowest BCUT2D eigenvalue weighted by Crippen LogP contribution is -2.49. The summed E-state index contributed by atoms with van der Waals surface area (Å²) in [5.41, 5.74) is 0. The van der Waals surface area contributed by atoms with Crippen LogP contribution in [0.3, 0.4) is 0 Å². The fourth-order valence-corrected chi connectivity index (χ4v) is 5.57. The van der Waals surface area contributed by atoms with Crippen LogP contribution in [-0.2, 0) is 4.57 Å². The minimum absolute atomic E-state index is 0.0399. The third-order valence-electron chi connectivity index (χ3n) is 6.50. The van der Waals surface area contributed by atoms with Gasteiger partial charge in [0.25, 0.3) is 0 Å². The second-order valence-corrected chi connectivity index (χ2v) is 13.3. The van der Waals surface area contributed by atoms with Gasteiger partial charge < -0.3 is 19.4 Å². The summed E-state index contributed by atoms with van der Waals surface area (Å²) in [4.78, 5) is 19.2. The fraction of sp³-hybridized carbons (Fsp3) is 0.862. The van der Waals surface area contributed by atoms with Gasteiger partial charge in [0.1, 0.15) is 6.54 Å². The molecule has 35 heavy (non-hydrogen) atoms. The molecule has 6 heteroatoms. The number of likely N-dealkylation sites (N-methyl/N-ethyl adjacent to an activating group) is 1. The van der Waals surface area contributed by atoms with Gasteiger partial charge in [-0.25, -0.2) is 0 Å². The van der Waals surface area contributed by atoms with Crippen LogP contribution in [0.15, 0.2) is 24.3 Å². The van der Waals surface area contributed by atoms with Crippen LogP contribution >= 0.6 is 7.60 Å². The molecule has 0 fully saturated rings. The maximum Gasteiger partial charge on any atom is 0.362 e. The van der Waals surface area contributed by atoms with Crippen molar-refractivity contribution in [1.29, 1.82) is 0 Å². The first kappa shape index (κ1) is 34.6. The lowest BCUT2D eigenvalue weighted by Gasteiger charge is -2.35. The Morgan fingerprint density at radius 3 is 1.31 bits per heavy atom. The van der Waals surface area contributed by atoms with Gasteiger partial charge in [-0.05, 0) is 51.4 Å². The number of hydrogen-bond donors (Lipinski definition) is 3. The SMILES string of the molecule is CCC/C=C\CCCCCCCCCCCCCC/C=C\CCCC(O)(C[N+](C)(C)C)P(=O)(O)O. The zero-order valence-corrected chi connectivity index (χ0v) is 24.5. The Balaban J connectivity index is 3.56. The average molecular weight is 517 g/mol. The van der Waals surface area contributed by atoms with Crippen molar-refractivity contribution in [2.75, 3.05) is 27.7 Å². The highest BCUT2D eigenvalue weighted by molar-refractivity contribution is 7.53. The van der Waals surface area contributed by atoms with E-state index in [4.69, 9.17) is 0 Å². The Morgan fingerprint density at radius 2 is 0.971 bits per heavy atom. The van der Waals surface area contributed by atoms with Crippen molar-refractivity contribution in [2.24, 2.45) is 0 Å². The van der Waals surface area contributed by atoms with Gasteiger partial charge in [-0.1, -0.05) is 102 Å². The van der Waals surface area contributed by atoms with Gasteiger partial charge in [-0.3, -0.25) is 4.57 Å². The molecule has 0 aromatic rings. The van der Waals surface area contributed by atoms with E-state index in [1.165, 1.54) is 96.3 Å². The number of rotatable bonds is 24. The van der Waals surface area contributed by atoms with Gasteiger partial charge in [0.2, 0.25) is 5.34 Å². The van der Waals surface area contributed by atoms with Gasteiger partial charge in [0, 0.05) is 0 Å². The second-order valence-electron chi connectivity index (χ2n) is 11.4. The number of hydrogen-bond acceptors (Lipinski definition) is 2. The molecule has 0 amide bonds. The van der Waals surface area contributed by atoms with Crippen molar-refractivity contribution >= 4 is 7.60 Å². The van der Waals surface area contributed by atoms with Gasteiger partial charge in [0.05, 0.1) is 21.1 Å². The maximum absolute atomic E-state index is 11.8. The minimum atomic E-state index is -4.57. The highest BCUT2D eigenvalue weighted by Gasteiger charge is 2.48. The summed E-state index contributed by atoms with van der Waals surface area (Å²) in [7, 11) is 0.925. The van der Waals surface area contributed by atoms with Crippen LogP contribution in [0.2, 0.25) is 0 Å². The van der Waals surface area contributed by atoms with E-state index < -0.39 is 12.9 Å². The largest absolute Gasteiger partial charge is 0.373 e. The molecule has 208 valence electrons.